The number of urea groups is 1. The standard InChI is InChI=1S/C16H28N4O3/c21-14(18-11-15(22)19-13-8-9-13)7-4-10-17-16(23)20-12-5-2-1-3-6-12/h12-13H,1-11H2,(H,18,21)(H,19,22)(H2,17,20,23). The molecule has 2 aliphatic carbocycles. The van der Waals surface area contributed by atoms with Crippen molar-refractivity contribution in [1.82, 2.24) is 21.3 Å². The lowest BCUT2D eigenvalue weighted by atomic mass is 9.96. The highest BCUT2D eigenvalue weighted by atomic mass is 16.2. The Labute approximate surface area is 137 Å². The van der Waals surface area contributed by atoms with Crippen molar-refractivity contribution in [3.63, 3.8) is 0 Å². The van der Waals surface area contributed by atoms with E-state index in [9.17, 15) is 14.4 Å². The van der Waals surface area contributed by atoms with E-state index in [1.807, 2.05) is 0 Å². The Kier molecular flexibility index (Phi) is 7.16. The van der Waals surface area contributed by atoms with E-state index < -0.39 is 0 Å². The van der Waals surface area contributed by atoms with Gasteiger partial charge in [0.25, 0.3) is 0 Å². The molecule has 4 amide bonds. The van der Waals surface area contributed by atoms with Gasteiger partial charge in [-0.05, 0) is 32.1 Å². The Hall–Kier alpha value is -1.79. The molecule has 0 spiro atoms. The highest BCUT2D eigenvalue weighted by Crippen LogP contribution is 2.18. The normalized spacial score (nSPS) is 18.1. The van der Waals surface area contributed by atoms with Crippen LogP contribution in [0.25, 0.3) is 0 Å². The summed E-state index contributed by atoms with van der Waals surface area (Å²) < 4.78 is 0. The summed E-state index contributed by atoms with van der Waals surface area (Å²) in [6, 6.07) is 0.449. The second-order valence-corrected chi connectivity index (χ2v) is 6.46. The number of carbonyl (C=O) groups is 3. The number of hydrogen-bond acceptors (Lipinski definition) is 3. The Morgan fingerprint density at radius 1 is 0.783 bits per heavy atom. The molecule has 0 radical (unpaired) electrons. The van der Waals surface area contributed by atoms with Crippen LogP contribution >= 0.6 is 0 Å². The van der Waals surface area contributed by atoms with Crippen molar-refractivity contribution in [2.45, 2.75) is 69.9 Å². The van der Waals surface area contributed by atoms with Gasteiger partial charge in [-0.25, -0.2) is 4.79 Å². The monoisotopic (exact) mass is 324 g/mol. The molecule has 2 fully saturated rings. The van der Waals surface area contributed by atoms with E-state index in [-0.39, 0.29) is 30.4 Å². The van der Waals surface area contributed by atoms with E-state index in [1.54, 1.807) is 0 Å². The third-order valence-electron chi connectivity index (χ3n) is 4.20. The molecule has 2 rings (SSSR count). The molecule has 0 saturated heterocycles. The zero-order valence-electron chi connectivity index (χ0n) is 13.7. The van der Waals surface area contributed by atoms with Crippen LogP contribution in [0, 0.1) is 0 Å². The van der Waals surface area contributed by atoms with Gasteiger partial charge in [0.15, 0.2) is 0 Å². The Bertz CT molecular complexity index is 418. The topological polar surface area (TPSA) is 99.3 Å². The second kappa shape index (κ2) is 9.37. The van der Waals surface area contributed by atoms with Crippen LogP contribution in [0.3, 0.4) is 0 Å². The van der Waals surface area contributed by atoms with Crippen LogP contribution in [0.2, 0.25) is 0 Å². The largest absolute Gasteiger partial charge is 0.352 e. The number of carbonyl (C=O) groups excluding carboxylic acids is 3. The van der Waals surface area contributed by atoms with Gasteiger partial charge in [0.05, 0.1) is 6.54 Å². The summed E-state index contributed by atoms with van der Waals surface area (Å²) in [5, 5.41) is 11.1. The van der Waals surface area contributed by atoms with Crippen LogP contribution < -0.4 is 21.3 Å². The average molecular weight is 324 g/mol. The molecule has 0 heterocycles. The van der Waals surface area contributed by atoms with E-state index in [0.717, 1.165) is 25.7 Å². The lowest BCUT2D eigenvalue weighted by Crippen LogP contribution is -2.43. The molecule has 0 aromatic heterocycles. The van der Waals surface area contributed by atoms with Gasteiger partial charge < -0.3 is 21.3 Å². The molecule has 130 valence electrons. The molecule has 23 heavy (non-hydrogen) atoms. The van der Waals surface area contributed by atoms with Gasteiger partial charge in [-0.15, -0.1) is 0 Å². The first-order valence-corrected chi connectivity index (χ1v) is 8.74. The van der Waals surface area contributed by atoms with Crippen molar-refractivity contribution in [3.8, 4) is 0 Å². The number of amides is 4. The van der Waals surface area contributed by atoms with Crippen molar-refractivity contribution in [1.29, 1.82) is 0 Å². The van der Waals surface area contributed by atoms with Gasteiger partial charge >= 0.3 is 6.03 Å². The SMILES string of the molecule is O=C(CCCNC(=O)NC1CCCCC1)NCC(=O)NC1CC1. The van der Waals surface area contributed by atoms with E-state index in [0.29, 0.717) is 25.4 Å². The third-order valence-corrected chi connectivity index (χ3v) is 4.20. The zero-order chi connectivity index (χ0) is 16.5. The van der Waals surface area contributed by atoms with Gasteiger partial charge in [-0.3, -0.25) is 9.59 Å². The van der Waals surface area contributed by atoms with E-state index in [4.69, 9.17) is 0 Å². The fourth-order valence-electron chi connectivity index (χ4n) is 2.71. The Morgan fingerprint density at radius 2 is 1.48 bits per heavy atom. The third kappa shape index (κ3) is 7.85. The molecular weight excluding hydrogens is 296 g/mol. The summed E-state index contributed by atoms with van der Waals surface area (Å²) in [4.78, 5) is 34.7. The molecule has 0 aliphatic heterocycles. The minimum absolute atomic E-state index is 0.0327. The first-order chi connectivity index (χ1) is 11.1. The van der Waals surface area contributed by atoms with E-state index in [1.165, 1.54) is 19.3 Å². The predicted octanol–water partition coefficient (Wildman–Crippen LogP) is 0.793. The van der Waals surface area contributed by atoms with Gasteiger partial charge in [0.1, 0.15) is 0 Å². The van der Waals surface area contributed by atoms with Crippen LogP contribution in [0.1, 0.15) is 57.8 Å². The summed E-state index contributed by atoms with van der Waals surface area (Å²) in [6.07, 6.45) is 8.67. The molecule has 0 atom stereocenters. The van der Waals surface area contributed by atoms with Gasteiger partial charge in [-0.2, -0.15) is 0 Å². The summed E-state index contributed by atoms with van der Waals surface area (Å²) in [5.74, 6) is -0.295. The van der Waals surface area contributed by atoms with Crippen molar-refractivity contribution in [3.05, 3.63) is 0 Å². The molecule has 0 bridgehead atoms. The minimum Gasteiger partial charge on any atom is -0.352 e. The van der Waals surface area contributed by atoms with Gasteiger partial charge in [0, 0.05) is 25.0 Å². The minimum atomic E-state index is -0.162. The zero-order valence-corrected chi connectivity index (χ0v) is 13.7. The maximum atomic E-state index is 11.7. The fraction of sp³-hybridized carbons (Fsp3) is 0.812. The summed E-state index contributed by atoms with van der Waals surface area (Å²) in [5.41, 5.74) is 0. The van der Waals surface area contributed by atoms with Crippen LogP contribution in [0.15, 0.2) is 0 Å². The Balaban J connectivity index is 1.44. The van der Waals surface area contributed by atoms with Crippen LogP contribution in [0.5, 0.6) is 0 Å². The van der Waals surface area contributed by atoms with Crippen molar-refractivity contribution in [2.24, 2.45) is 0 Å². The van der Waals surface area contributed by atoms with Crippen molar-refractivity contribution < 1.29 is 14.4 Å². The van der Waals surface area contributed by atoms with Crippen molar-refractivity contribution >= 4 is 17.8 Å². The summed E-state index contributed by atoms with van der Waals surface area (Å²) in [7, 11) is 0. The van der Waals surface area contributed by atoms with Crippen LogP contribution in [-0.4, -0.2) is 43.0 Å². The van der Waals surface area contributed by atoms with E-state index in [2.05, 4.69) is 21.3 Å². The van der Waals surface area contributed by atoms with E-state index >= 15 is 0 Å². The molecular formula is C16H28N4O3. The predicted molar refractivity (Wildman–Crippen MR) is 86.8 cm³/mol. The molecule has 0 aromatic rings. The Morgan fingerprint density at radius 3 is 2.17 bits per heavy atom. The smallest absolute Gasteiger partial charge is 0.315 e. The molecule has 4 N–H and O–H groups in total. The summed E-state index contributed by atoms with van der Waals surface area (Å²) >= 11 is 0. The first kappa shape index (κ1) is 17.6. The van der Waals surface area contributed by atoms with Crippen LogP contribution in [0.4, 0.5) is 4.79 Å². The number of nitrogens with one attached hydrogen (secondary N) is 4. The molecule has 2 saturated carbocycles. The second-order valence-electron chi connectivity index (χ2n) is 6.46. The molecule has 7 nitrogen and oxygen atoms in total. The van der Waals surface area contributed by atoms with Gasteiger partial charge in [0.2, 0.25) is 11.8 Å². The molecule has 2 aliphatic rings. The highest BCUT2D eigenvalue weighted by molar-refractivity contribution is 5.84. The lowest BCUT2D eigenvalue weighted by molar-refractivity contribution is -0.126. The number of rotatable bonds is 8. The lowest BCUT2D eigenvalue weighted by Gasteiger charge is -2.22. The maximum absolute atomic E-state index is 11.7. The highest BCUT2D eigenvalue weighted by Gasteiger charge is 2.23. The molecule has 7 heteroatoms. The van der Waals surface area contributed by atoms with Gasteiger partial charge in [-0.1, -0.05) is 19.3 Å². The number of hydrogen-bond donors (Lipinski definition) is 4. The maximum Gasteiger partial charge on any atom is 0.315 e. The average Bonchev–Trinajstić information content (AvgIpc) is 3.34. The molecule has 0 aromatic carbocycles. The first-order valence-electron chi connectivity index (χ1n) is 8.74. The van der Waals surface area contributed by atoms with Crippen LogP contribution in [-0.2, 0) is 9.59 Å². The summed E-state index contributed by atoms with van der Waals surface area (Å²) in [6.45, 7) is 0.491. The molecule has 0 unspecified atom stereocenters. The quantitative estimate of drug-likeness (QED) is 0.497. The fourth-order valence-corrected chi connectivity index (χ4v) is 2.71. The van der Waals surface area contributed by atoms with Crippen molar-refractivity contribution in [2.75, 3.05) is 13.1 Å².